The average molecular weight is 253 g/mol. The molecule has 1 aromatic heterocycles. The Morgan fingerprint density at radius 3 is 2.59 bits per heavy atom. The van der Waals surface area contributed by atoms with Gasteiger partial charge in [0.25, 0.3) is 0 Å². The third-order valence-electron chi connectivity index (χ3n) is 2.72. The summed E-state index contributed by atoms with van der Waals surface area (Å²) < 4.78 is 0. The molecule has 1 saturated heterocycles. The summed E-state index contributed by atoms with van der Waals surface area (Å²) in [6.07, 6.45) is 0. The number of nitrogens with zero attached hydrogens (tertiary/aromatic N) is 3. The van der Waals surface area contributed by atoms with Gasteiger partial charge in [0.2, 0.25) is 0 Å². The molecule has 1 aliphatic rings. The summed E-state index contributed by atoms with van der Waals surface area (Å²) in [6, 6.07) is 1.91. The number of aryl methyl sites for hydroxylation is 1. The molecule has 2 rings (SSSR count). The maximum atomic E-state index is 5.41. The lowest BCUT2D eigenvalue weighted by Gasteiger charge is -2.35. The van der Waals surface area contributed by atoms with Crippen molar-refractivity contribution in [1.29, 1.82) is 0 Å². The molecule has 0 spiro atoms. The Kier molecular flexibility index (Phi) is 3.73. The predicted molar refractivity (Wildman–Crippen MR) is 73.3 cm³/mol. The quantitative estimate of drug-likeness (QED) is 0.613. The van der Waals surface area contributed by atoms with Crippen LogP contribution in [0.15, 0.2) is 6.07 Å². The Labute approximate surface area is 106 Å². The zero-order chi connectivity index (χ0) is 12.4. The van der Waals surface area contributed by atoms with E-state index in [0.717, 1.165) is 24.7 Å². The van der Waals surface area contributed by atoms with E-state index in [9.17, 15) is 0 Å². The highest BCUT2D eigenvalue weighted by Gasteiger charge is 2.23. The minimum atomic E-state index is 0.628. The van der Waals surface area contributed by atoms with Crippen molar-refractivity contribution >= 4 is 23.4 Å². The number of aromatic nitrogens is 2. The van der Waals surface area contributed by atoms with Gasteiger partial charge >= 0.3 is 0 Å². The van der Waals surface area contributed by atoms with Crippen molar-refractivity contribution < 1.29 is 0 Å². The molecule has 3 N–H and O–H groups in total. The molecule has 1 aliphatic heterocycles. The summed E-state index contributed by atoms with van der Waals surface area (Å²) >= 11 is 2.03. The lowest BCUT2D eigenvalue weighted by molar-refractivity contribution is 0.715. The minimum absolute atomic E-state index is 0.628. The first kappa shape index (κ1) is 12.4. The number of nitrogens with two attached hydrogens (primary N) is 1. The lowest BCUT2D eigenvalue weighted by Crippen LogP contribution is -2.41. The number of hydrogen-bond acceptors (Lipinski definition) is 6. The van der Waals surface area contributed by atoms with Crippen molar-refractivity contribution in [2.75, 3.05) is 23.4 Å². The monoisotopic (exact) mass is 253 g/mol. The highest BCUT2D eigenvalue weighted by Crippen LogP contribution is 2.28. The summed E-state index contributed by atoms with van der Waals surface area (Å²) in [4.78, 5) is 11.0. The molecule has 2 unspecified atom stereocenters. The van der Waals surface area contributed by atoms with Gasteiger partial charge in [0.1, 0.15) is 17.5 Å². The fraction of sp³-hybridized carbons (Fsp3) is 0.636. The Hall–Kier alpha value is -1.01. The highest BCUT2D eigenvalue weighted by molar-refractivity contribution is 8.00. The van der Waals surface area contributed by atoms with Gasteiger partial charge in [-0.1, -0.05) is 13.8 Å². The van der Waals surface area contributed by atoms with Gasteiger partial charge in [0.05, 0.1) is 0 Å². The topological polar surface area (TPSA) is 67.1 Å². The standard InChI is InChI=1S/C11H19N5S/c1-7-5-16(6-8(2)17-7)11-4-10(15-12)13-9(3)14-11/h4,7-8H,5-6,12H2,1-3H3,(H,13,14,15). The molecule has 5 nitrogen and oxygen atoms in total. The second-order valence-electron chi connectivity index (χ2n) is 4.47. The van der Waals surface area contributed by atoms with Crippen LogP contribution in [0.25, 0.3) is 0 Å². The summed E-state index contributed by atoms with van der Waals surface area (Å²) in [6.45, 7) is 8.44. The van der Waals surface area contributed by atoms with Gasteiger partial charge in [-0.15, -0.1) is 0 Å². The zero-order valence-corrected chi connectivity index (χ0v) is 11.3. The summed E-state index contributed by atoms with van der Waals surface area (Å²) in [5.41, 5.74) is 2.59. The molecule has 17 heavy (non-hydrogen) atoms. The van der Waals surface area contributed by atoms with Gasteiger partial charge in [-0.3, -0.25) is 0 Å². The van der Waals surface area contributed by atoms with Gasteiger partial charge in [0.15, 0.2) is 0 Å². The average Bonchev–Trinajstić information content (AvgIpc) is 2.26. The molecular formula is C11H19N5S. The number of anilines is 2. The maximum absolute atomic E-state index is 5.41. The van der Waals surface area contributed by atoms with Crippen LogP contribution in [0.3, 0.4) is 0 Å². The van der Waals surface area contributed by atoms with Crippen LogP contribution in [0.1, 0.15) is 19.7 Å². The number of hydrazine groups is 1. The summed E-state index contributed by atoms with van der Waals surface area (Å²) in [7, 11) is 0. The van der Waals surface area contributed by atoms with E-state index < -0.39 is 0 Å². The molecule has 0 bridgehead atoms. The van der Waals surface area contributed by atoms with Gasteiger partial charge in [-0.25, -0.2) is 15.8 Å². The number of thioether (sulfide) groups is 1. The van der Waals surface area contributed by atoms with E-state index in [0.29, 0.717) is 16.3 Å². The number of nitrogens with one attached hydrogen (secondary N) is 1. The smallest absolute Gasteiger partial charge is 0.145 e. The predicted octanol–water partition coefficient (Wildman–Crippen LogP) is 1.40. The van der Waals surface area contributed by atoms with Crippen molar-refractivity contribution in [1.82, 2.24) is 9.97 Å². The molecule has 2 atom stereocenters. The van der Waals surface area contributed by atoms with Crippen LogP contribution in [0.5, 0.6) is 0 Å². The fourth-order valence-corrected chi connectivity index (χ4v) is 3.48. The molecule has 1 fully saturated rings. The molecule has 0 saturated carbocycles. The largest absolute Gasteiger partial charge is 0.354 e. The van der Waals surface area contributed by atoms with Crippen molar-refractivity contribution in [3.63, 3.8) is 0 Å². The molecule has 0 amide bonds. The first-order chi connectivity index (χ1) is 8.08. The molecule has 2 heterocycles. The summed E-state index contributed by atoms with van der Waals surface area (Å²) in [5, 5.41) is 1.26. The van der Waals surface area contributed by atoms with Crippen molar-refractivity contribution in [2.24, 2.45) is 5.84 Å². The molecule has 0 aromatic carbocycles. The molecular weight excluding hydrogens is 234 g/mol. The molecule has 1 aromatic rings. The van der Waals surface area contributed by atoms with Gasteiger partial charge in [-0.05, 0) is 6.92 Å². The molecule has 6 heteroatoms. The Morgan fingerprint density at radius 2 is 2.00 bits per heavy atom. The van der Waals surface area contributed by atoms with Crippen LogP contribution in [0.4, 0.5) is 11.6 Å². The van der Waals surface area contributed by atoms with E-state index in [1.165, 1.54) is 0 Å². The van der Waals surface area contributed by atoms with Gasteiger partial charge in [0, 0.05) is 29.7 Å². The van der Waals surface area contributed by atoms with Gasteiger partial charge in [-0.2, -0.15) is 11.8 Å². The van der Waals surface area contributed by atoms with E-state index in [-0.39, 0.29) is 0 Å². The van der Waals surface area contributed by atoms with E-state index in [4.69, 9.17) is 5.84 Å². The Bertz CT molecular complexity index is 387. The van der Waals surface area contributed by atoms with Crippen LogP contribution < -0.4 is 16.2 Å². The molecule has 94 valence electrons. The minimum Gasteiger partial charge on any atom is -0.354 e. The van der Waals surface area contributed by atoms with E-state index in [1.54, 1.807) is 0 Å². The normalized spacial score (nSPS) is 24.8. The van der Waals surface area contributed by atoms with Crippen molar-refractivity contribution in [3.8, 4) is 0 Å². The lowest BCUT2D eigenvalue weighted by atomic mass is 10.3. The van der Waals surface area contributed by atoms with Crippen LogP contribution in [0.2, 0.25) is 0 Å². The van der Waals surface area contributed by atoms with Gasteiger partial charge < -0.3 is 10.3 Å². The third kappa shape index (κ3) is 3.01. The second-order valence-corrected chi connectivity index (χ2v) is 6.35. The molecule has 0 radical (unpaired) electrons. The van der Waals surface area contributed by atoms with Crippen molar-refractivity contribution in [3.05, 3.63) is 11.9 Å². The number of hydrogen-bond donors (Lipinski definition) is 2. The Morgan fingerprint density at radius 1 is 1.35 bits per heavy atom. The first-order valence-electron chi connectivity index (χ1n) is 5.81. The van der Waals surface area contributed by atoms with E-state index >= 15 is 0 Å². The second kappa shape index (κ2) is 5.10. The zero-order valence-electron chi connectivity index (χ0n) is 10.5. The van der Waals surface area contributed by atoms with E-state index in [2.05, 4.69) is 34.1 Å². The summed E-state index contributed by atoms with van der Waals surface area (Å²) in [5.74, 6) is 7.79. The van der Waals surface area contributed by atoms with Crippen LogP contribution >= 0.6 is 11.8 Å². The Balaban J connectivity index is 2.23. The van der Waals surface area contributed by atoms with Crippen LogP contribution in [-0.2, 0) is 0 Å². The van der Waals surface area contributed by atoms with Crippen LogP contribution in [0, 0.1) is 6.92 Å². The van der Waals surface area contributed by atoms with E-state index in [1.807, 2.05) is 24.8 Å². The fourth-order valence-electron chi connectivity index (χ4n) is 2.15. The third-order valence-corrected chi connectivity index (χ3v) is 3.94. The highest BCUT2D eigenvalue weighted by atomic mass is 32.2. The number of nitrogen functional groups attached to an aromatic ring is 1. The SMILES string of the molecule is Cc1nc(NN)cc(N2CC(C)SC(C)C2)n1. The first-order valence-corrected chi connectivity index (χ1v) is 6.75. The maximum Gasteiger partial charge on any atom is 0.145 e. The van der Waals surface area contributed by atoms with Crippen LogP contribution in [-0.4, -0.2) is 33.6 Å². The number of rotatable bonds is 2. The van der Waals surface area contributed by atoms with Crippen molar-refractivity contribution in [2.45, 2.75) is 31.3 Å². The molecule has 0 aliphatic carbocycles.